The molecule has 1 aliphatic rings. The van der Waals surface area contributed by atoms with Gasteiger partial charge >= 0.3 is 0 Å². The van der Waals surface area contributed by atoms with E-state index in [4.69, 9.17) is 4.74 Å². The molecule has 23 heavy (non-hydrogen) atoms. The molecule has 1 aliphatic heterocycles. The molecule has 2 atom stereocenters. The molecule has 1 fully saturated rings. The van der Waals surface area contributed by atoms with Crippen molar-refractivity contribution < 1.29 is 14.7 Å². The highest BCUT2D eigenvalue weighted by Crippen LogP contribution is 2.21. The first kappa shape index (κ1) is 15.6. The number of hydrogen-bond acceptors (Lipinski definition) is 3. The van der Waals surface area contributed by atoms with E-state index in [0.717, 1.165) is 31.8 Å². The number of phenolic OH excluding ortho intramolecular Hbond substituents is 1. The summed E-state index contributed by atoms with van der Waals surface area (Å²) in [6.45, 7) is 3.23. The lowest BCUT2D eigenvalue weighted by Crippen LogP contribution is -3.09. The molecule has 1 unspecified atom stereocenters. The molecule has 0 bridgehead atoms. The predicted molar refractivity (Wildman–Crippen MR) is 91.5 cm³/mol. The second kappa shape index (κ2) is 7.29. The zero-order valence-electron chi connectivity index (χ0n) is 13.4. The Bertz CT molecular complexity index is 670. The maximum atomic E-state index is 9.90. The van der Waals surface area contributed by atoms with Crippen LogP contribution in [-0.4, -0.2) is 37.6 Å². The zero-order chi connectivity index (χ0) is 16.1. The fraction of sp³-hybridized carbons (Fsp3) is 0.316. The van der Waals surface area contributed by atoms with Gasteiger partial charge in [-0.3, -0.25) is 4.99 Å². The lowest BCUT2D eigenvalue weighted by Gasteiger charge is -2.12. The average Bonchev–Trinajstić information content (AvgIpc) is 3.02. The third-order valence-corrected chi connectivity index (χ3v) is 4.31. The normalized spacial score (nSPS) is 20.9. The first-order valence-electron chi connectivity index (χ1n) is 8.02. The second-order valence-electron chi connectivity index (χ2n) is 6.01. The van der Waals surface area contributed by atoms with Crippen molar-refractivity contribution in [2.75, 3.05) is 20.2 Å². The van der Waals surface area contributed by atoms with Gasteiger partial charge in [-0.1, -0.05) is 30.3 Å². The van der Waals surface area contributed by atoms with Crippen LogP contribution >= 0.6 is 0 Å². The fourth-order valence-electron chi connectivity index (χ4n) is 3.03. The van der Waals surface area contributed by atoms with Gasteiger partial charge in [0.05, 0.1) is 13.7 Å². The smallest absolute Gasteiger partial charge is 0.124 e. The maximum Gasteiger partial charge on any atom is 0.124 e. The van der Waals surface area contributed by atoms with Crippen LogP contribution in [0.2, 0.25) is 0 Å². The van der Waals surface area contributed by atoms with E-state index in [1.807, 2.05) is 6.07 Å². The Labute approximate surface area is 137 Å². The van der Waals surface area contributed by atoms with Gasteiger partial charge in [0.15, 0.2) is 0 Å². The number of methoxy groups -OCH3 is 1. The van der Waals surface area contributed by atoms with Gasteiger partial charge in [-0.2, -0.15) is 0 Å². The third-order valence-electron chi connectivity index (χ3n) is 4.31. The summed E-state index contributed by atoms with van der Waals surface area (Å²) >= 11 is 0. The summed E-state index contributed by atoms with van der Waals surface area (Å²) < 4.78 is 5.19. The Kier molecular flexibility index (Phi) is 4.93. The van der Waals surface area contributed by atoms with Crippen molar-refractivity contribution >= 4 is 6.21 Å². The molecule has 0 spiro atoms. The molecule has 0 saturated carbocycles. The van der Waals surface area contributed by atoms with Crippen molar-refractivity contribution in [3.05, 3.63) is 59.7 Å². The minimum atomic E-state index is 0.237. The van der Waals surface area contributed by atoms with Crippen LogP contribution in [-0.2, 0) is 6.54 Å². The molecular formula is C19H23N2O2+. The Hall–Kier alpha value is -2.33. The third kappa shape index (κ3) is 4.11. The van der Waals surface area contributed by atoms with Gasteiger partial charge in [-0.25, -0.2) is 0 Å². The lowest BCUT2D eigenvalue weighted by atomic mass is 10.2. The van der Waals surface area contributed by atoms with E-state index in [1.165, 1.54) is 5.56 Å². The molecule has 0 aliphatic carbocycles. The van der Waals surface area contributed by atoms with Crippen molar-refractivity contribution in [2.45, 2.75) is 19.0 Å². The molecule has 1 heterocycles. The maximum absolute atomic E-state index is 9.90. The van der Waals surface area contributed by atoms with Gasteiger partial charge < -0.3 is 14.7 Å². The van der Waals surface area contributed by atoms with Gasteiger partial charge in [-0.05, 0) is 18.2 Å². The molecule has 2 N–H and O–H groups in total. The summed E-state index contributed by atoms with van der Waals surface area (Å²) in [5.74, 6) is 0.966. The van der Waals surface area contributed by atoms with Crippen molar-refractivity contribution in [3.8, 4) is 11.5 Å². The Morgan fingerprint density at radius 1 is 1.26 bits per heavy atom. The van der Waals surface area contributed by atoms with E-state index < -0.39 is 0 Å². The molecule has 0 aromatic heterocycles. The summed E-state index contributed by atoms with van der Waals surface area (Å²) in [5, 5.41) is 9.90. The van der Waals surface area contributed by atoms with Gasteiger partial charge in [-0.15, -0.1) is 0 Å². The number of ether oxygens (including phenoxy) is 1. The van der Waals surface area contributed by atoms with E-state index in [1.54, 1.807) is 30.4 Å². The number of hydrogen-bond donors (Lipinski definition) is 2. The highest BCUT2D eigenvalue weighted by Gasteiger charge is 2.25. The zero-order valence-corrected chi connectivity index (χ0v) is 13.4. The highest BCUT2D eigenvalue weighted by atomic mass is 16.5. The van der Waals surface area contributed by atoms with E-state index in [0.29, 0.717) is 11.6 Å². The second-order valence-corrected chi connectivity index (χ2v) is 6.01. The Morgan fingerprint density at radius 3 is 2.87 bits per heavy atom. The van der Waals surface area contributed by atoms with Crippen LogP contribution in [0.5, 0.6) is 11.5 Å². The standard InChI is InChI=1S/C19H22N2O2/c1-23-18-7-8-19(22)16(11-18)12-20-17-9-10-21(14-17)13-15-5-3-2-4-6-15/h2-8,11-12,17,22H,9-10,13-14H2,1H3/p+1/t17-/m0/s1. The number of nitrogens with one attached hydrogen (secondary N) is 1. The van der Waals surface area contributed by atoms with Crippen LogP contribution in [0, 0.1) is 0 Å². The predicted octanol–water partition coefficient (Wildman–Crippen LogP) is 1.68. The molecule has 0 radical (unpaired) electrons. The minimum Gasteiger partial charge on any atom is -0.507 e. The lowest BCUT2D eigenvalue weighted by molar-refractivity contribution is -0.901. The van der Waals surface area contributed by atoms with Gasteiger partial charge in [0.1, 0.15) is 30.6 Å². The van der Waals surface area contributed by atoms with Crippen molar-refractivity contribution in [2.24, 2.45) is 4.99 Å². The molecule has 1 saturated heterocycles. The molecule has 0 amide bonds. The number of phenols is 1. The van der Waals surface area contributed by atoms with Gasteiger partial charge in [0.2, 0.25) is 0 Å². The SMILES string of the molecule is COc1ccc(O)c(C=N[C@H]2CC[NH+](Cc3ccccc3)C2)c1. The molecule has 4 nitrogen and oxygen atoms in total. The van der Waals surface area contributed by atoms with Crippen LogP contribution < -0.4 is 9.64 Å². The number of quaternary nitrogens is 1. The van der Waals surface area contributed by atoms with Crippen LogP contribution in [0.15, 0.2) is 53.5 Å². The van der Waals surface area contributed by atoms with Crippen molar-refractivity contribution in [3.63, 3.8) is 0 Å². The first-order valence-corrected chi connectivity index (χ1v) is 8.02. The number of benzene rings is 2. The molecule has 120 valence electrons. The van der Waals surface area contributed by atoms with Crippen LogP contribution in [0.25, 0.3) is 0 Å². The topological polar surface area (TPSA) is 46.3 Å². The summed E-state index contributed by atoms with van der Waals surface area (Å²) in [6.07, 6.45) is 2.86. The minimum absolute atomic E-state index is 0.237. The largest absolute Gasteiger partial charge is 0.507 e. The number of likely N-dealkylation sites (tertiary alicyclic amines) is 1. The van der Waals surface area contributed by atoms with Crippen molar-refractivity contribution in [1.82, 2.24) is 0 Å². The Balaban J connectivity index is 1.59. The van der Waals surface area contributed by atoms with E-state index in [2.05, 4.69) is 35.3 Å². The van der Waals surface area contributed by atoms with Gasteiger partial charge in [0, 0.05) is 23.8 Å². The van der Waals surface area contributed by atoms with E-state index in [9.17, 15) is 5.11 Å². The number of aliphatic imine (C=N–C) groups is 1. The molecule has 3 rings (SSSR count). The summed E-state index contributed by atoms with van der Waals surface area (Å²) in [4.78, 5) is 6.22. The highest BCUT2D eigenvalue weighted by molar-refractivity contribution is 5.84. The van der Waals surface area contributed by atoms with E-state index >= 15 is 0 Å². The molecule has 2 aromatic rings. The van der Waals surface area contributed by atoms with Crippen molar-refractivity contribution in [1.29, 1.82) is 0 Å². The average molecular weight is 311 g/mol. The summed E-state index contributed by atoms with van der Waals surface area (Å²) in [7, 11) is 1.62. The summed E-state index contributed by atoms with van der Waals surface area (Å²) in [6, 6.07) is 16.1. The fourth-order valence-corrected chi connectivity index (χ4v) is 3.03. The number of rotatable bonds is 5. The Morgan fingerprint density at radius 2 is 2.09 bits per heavy atom. The molecule has 4 heteroatoms. The monoisotopic (exact) mass is 311 g/mol. The van der Waals surface area contributed by atoms with Crippen LogP contribution in [0.1, 0.15) is 17.5 Å². The quantitative estimate of drug-likeness (QED) is 0.825. The number of nitrogens with zero attached hydrogens (tertiary/aromatic N) is 1. The molecule has 2 aromatic carbocycles. The van der Waals surface area contributed by atoms with E-state index in [-0.39, 0.29) is 5.75 Å². The van der Waals surface area contributed by atoms with Crippen LogP contribution in [0.3, 0.4) is 0 Å². The number of aromatic hydroxyl groups is 1. The molecular weight excluding hydrogens is 288 g/mol. The van der Waals surface area contributed by atoms with Crippen LogP contribution in [0.4, 0.5) is 0 Å². The van der Waals surface area contributed by atoms with Gasteiger partial charge in [0.25, 0.3) is 0 Å². The summed E-state index contributed by atoms with van der Waals surface area (Å²) in [5.41, 5.74) is 2.08. The first-order chi connectivity index (χ1) is 11.2.